The second-order valence-corrected chi connectivity index (χ2v) is 4.43. The number of aromatic nitrogens is 3. The Bertz CT molecular complexity index is 613. The highest BCUT2D eigenvalue weighted by Gasteiger charge is 2.20. The average molecular weight is 282 g/mol. The molecule has 0 aliphatic carbocycles. The van der Waals surface area contributed by atoms with Crippen LogP contribution in [0.2, 0.25) is 5.15 Å². The summed E-state index contributed by atoms with van der Waals surface area (Å²) in [5, 5.41) is 11.2. The molecule has 100 valence electrons. The molecule has 0 spiro atoms. The largest absolute Gasteiger partial charge is 0.346 e. The SMILES string of the molecule is CN(Cc1nccn1C)c1nc(Cl)ccc1[N+](=O)[O-]. The molecule has 0 aromatic carbocycles. The van der Waals surface area contributed by atoms with Crippen LogP contribution in [0.15, 0.2) is 24.5 Å². The molecule has 0 saturated carbocycles. The molecule has 0 aliphatic heterocycles. The molecule has 0 N–H and O–H groups in total. The lowest BCUT2D eigenvalue weighted by molar-refractivity contribution is -0.384. The summed E-state index contributed by atoms with van der Waals surface area (Å²) in [4.78, 5) is 20.3. The Balaban J connectivity index is 2.32. The maximum absolute atomic E-state index is 11.0. The second-order valence-electron chi connectivity index (χ2n) is 4.04. The van der Waals surface area contributed by atoms with Gasteiger partial charge in [0.25, 0.3) is 0 Å². The van der Waals surface area contributed by atoms with Gasteiger partial charge in [-0.3, -0.25) is 10.1 Å². The molecular formula is C11H12ClN5O2. The van der Waals surface area contributed by atoms with Crippen molar-refractivity contribution in [1.82, 2.24) is 14.5 Å². The summed E-state index contributed by atoms with van der Waals surface area (Å²) >= 11 is 5.80. The van der Waals surface area contributed by atoms with Crippen LogP contribution in [0.25, 0.3) is 0 Å². The predicted molar refractivity (Wildman–Crippen MR) is 71.2 cm³/mol. The lowest BCUT2D eigenvalue weighted by Crippen LogP contribution is -2.21. The van der Waals surface area contributed by atoms with E-state index in [4.69, 9.17) is 11.6 Å². The Labute approximate surface area is 114 Å². The number of anilines is 1. The first kappa shape index (κ1) is 13.3. The van der Waals surface area contributed by atoms with Crippen molar-refractivity contribution in [2.24, 2.45) is 7.05 Å². The number of hydrogen-bond donors (Lipinski definition) is 0. The molecule has 8 heteroatoms. The van der Waals surface area contributed by atoms with E-state index >= 15 is 0 Å². The summed E-state index contributed by atoms with van der Waals surface area (Å²) in [6, 6.07) is 2.75. The minimum Gasteiger partial charge on any atom is -0.346 e. The van der Waals surface area contributed by atoms with Gasteiger partial charge in [-0.05, 0) is 6.07 Å². The van der Waals surface area contributed by atoms with E-state index in [0.717, 1.165) is 5.82 Å². The van der Waals surface area contributed by atoms with Gasteiger partial charge in [0.2, 0.25) is 5.82 Å². The van der Waals surface area contributed by atoms with Crippen LogP contribution in [0.4, 0.5) is 11.5 Å². The van der Waals surface area contributed by atoms with Gasteiger partial charge in [0, 0.05) is 32.6 Å². The molecule has 0 fully saturated rings. The van der Waals surface area contributed by atoms with Gasteiger partial charge >= 0.3 is 5.69 Å². The number of imidazole rings is 1. The van der Waals surface area contributed by atoms with Gasteiger partial charge in [0.1, 0.15) is 11.0 Å². The normalized spacial score (nSPS) is 10.5. The van der Waals surface area contributed by atoms with E-state index in [9.17, 15) is 10.1 Å². The zero-order chi connectivity index (χ0) is 14.0. The van der Waals surface area contributed by atoms with Crippen LogP contribution in [0.1, 0.15) is 5.82 Å². The molecule has 0 radical (unpaired) electrons. The highest BCUT2D eigenvalue weighted by atomic mass is 35.5. The summed E-state index contributed by atoms with van der Waals surface area (Å²) in [6.07, 6.45) is 3.48. The Morgan fingerprint density at radius 2 is 2.26 bits per heavy atom. The second kappa shape index (κ2) is 5.23. The minimum absolute atomic E-state index is 0.0823. The third-order valence-electron chi connectivity index (χ3n) is 2.68. The molecule has 0 atom stereocenters. The molecule has 0 amide bonds. The summed E-state index contributed by atoms with van der Waals surface area (Å²) < 4.78 is 1.84. The van der Waals surface area contributed by atoms with Crippen molar-refractivity contribution in [2.75, 3.05) is 11.9 Å². The number of nitro groups is 1. The van der Waals surface area contributed by atoms with Crippen molar-refractivity contribution in [3.63, 3.8) is 0 Å². The number of halogens is 1. The van der Waals surface area contributed by atoms with Gasteiger partial charge in [0.05, 0.1) is 11.5 Å². The number of rotatable bonds is 4. The monoisotopic (exact) mass is 281 g/mol. The number of aryl methyl sites for hydroxylation is 1. The van der Waals surface area contributed by atoms with Crippen LogP contribution in [0.5, 0.6) is 0 Å². The van der Waals surface area contributed by atoms with Gasteiger partial charge in [-0.2, -0.15) is 0 Å². The summed E-state index contributed by atoms with van der Waals surface area (Å²) in [7, 11) is 3.57. The Hall–Kier alpha value is -2.15. The van der Waals surface area contributed by atoms with Crippen LogP contribution in [-0.4, -0.2) is 26.5 Å². The molecule has 19 heavy (non-hydrogen) atoms. The molecule has 7 nitrogen and oxygen atoms in total. The van der Waals surface area contributed by atoms with Crippen molar-refractivity contribution in [3.8, 4) is 0 Å². The van der Waals surface area contributed by atoms with Crippen molar-refractivity contribution in [3.05, 3.63) is 45.6 Å². The molecule has 0 aliphatic rings. The van der Waals surface area contributed by atoms with Crippen molar-refractivity contribution < 1.29 is 4.92 Å². The summed E-state index contributed by atoms with van der Waals surface area (Å²) in [6.45, 7) is 0.400. The topological polar surface area (TPSA) is 77.1 Å². The fourth-order valence-corrected chi connectivity index (χ4v) is 1.82. The smallest absolute Gasteiger partial charge is 0.311 e. The molecule has 2 aromatic heterocycles. The highest BCUT2D eigenvalue weighted by molar-refractivity contribution is 6.29. The van der Waals surface area contributed by atoms with E-state index in [1.807, 2.05) is 17.8 Å². The number of hydrogen-bond acceptors (Lipinski definition) is 5. The fourth-order valence-electron chi connectivity index (χ4n) is 1.68. The fraction of sp³-hybridized carbons (Fsp3) is 0.273. The first-order valence-corrected chi connectivity index (χ1v) is 5.85. The first-order chi connectivity index (χ1) is 8.99. The number of nitrogens with zero attached hydrogens (tertiary/aromatic N) is 5. The zero-order valence-corrected chi connectivity index (χ0v) is 11.2. The Morgan fingerprint density at radius 1 is 1.53 bits per heavy atom. The predicted octanol–water partition coefficient (Wildman–Crippen LogP) is 2.01. The van der Waals surface area contributed by atoms with Gasteiger partial charge in [0.15, 0.2) is 0 Å². The van der Waals surface area contributed by atoms with E-state index < -0.39 is 4.92 Å². The van der Waals surface area contributed by atoms with Crippen molar-refractivity contribution in [1.29, 1.82) is 0 Å². The lowest BCUT2D eigenvalue weighted by Gasteiger charge is -2.17. The quantitative estimate of drug-likeness (QED) is 0.487. The average Bonchev–Trinajstić information content (AvgIpc) is 2.74. The van der Waals surface area contributed by atoms with E-state index in [-0.39, 0.29) is 16.7 Å². The zero-order valence-electron chi connectivity index (χ0n) is 10.4. The summed E-state index contributed by atoms with van der Waals surface area (Å²) in [5.41, 5.74) is -0.0823. The van der Waals surface area contributed by atoms with E-state index in [1.165, 1.54) is 12.1 Å². The van der Waals surface area contributed by atoms with E-state index in [0.29, 0.717) is 6.54 Å². The van der Waals surface area contributed by atoms with Crippen LogP contribution in [-0.2, 0) is 13.6 Å². The molecule has 0 saturated heterocycles. The maximum Gasteiger partial charge on any atom is 0.311 e. The Morgan fingerprint density at radius 3 is 2.84 bits per heavy atom. The molecule has 2 aromatic rings. The van der Waals surface area contributed by atoms with Gasteiger partial charge in [-0.15, -0.1) is 0 Å². The van der Waals surface area contributed by atoms with Crippen molar-refractivity contribution in [2.45, 2.75) is 6.54 Å². The van der Waals surface area contributed by atoms with E-state index in [1.54, 1.807) is 18.1 Å². The highest BCUT2D eigenvalue weighted by Crippen LogP contribution is 2.27. The van der Waals surface area contributed by atoms with Gasteiger partial charge in [-0.1, -0.05) is 11.6 Å². The van der Waals surface area contributed by atoms with Crippen LogP contribution in [0, 0.1) is 10.1 Å². The van der Waals surface area contributed by atoms with Crippen LogP contribution in [0.3, 0.4) is 0 Å². The van der Waals surface area contributed by atoms with Gasteiger partial charge < -0.3 is 9.47 Å². The first-order valence-electron chi connectivity index (χ1n) is 5.47. The number of pyridine rings is 1. The molecule has 2 heterocycles. The Kier molecular flexibility index (Phi) is 3.66. The summed E-state index contributed by atoms with van der Waals surface area (Å²) in [5.74, 6) is 0.999. The molecular weight excluding hydrogens is 270 g/mol. The minimum atomic E-state index is -0.479. The third-order valence-corrected chi connectivity index (χ3v) is 2.89. The molecule has 0 unspecified atom stereocenters. The van der Waals surface area contributed by atoms with Crippen LogP contribution >= 0.6 is 11.6 Å². The lowest BCUT2D eigenvalue weighted by atomic mass is 10.3. The van der Waals surface area contributed by atoms with Gasteiger partial charge in [-0.25, -0.2) is 9.97 Å². The van der Waals surface area contributed by atoms with Crippen LogP contribution < -0.4 is 4.90 Å². The standard InChI is InChI=1S/C11H12ClN5O2/c1-15-6-5-13-10(15)7-16(2)11-8(17(18)19)3-4-9(12)14-11/h3-6H,7H2,1-2H3. The van der Waals surface area contributed by atoms with E-state index in [2.05, 4.69) is 9.97 Å². The van der Waals surface area contributed by atoms with Crippen molar-refractivity contribution >= 4 is 23.1 Å². The maximum atomic E-state index is 11.0. The molecule has 2 rings (SSSR count). The molecule has 0 bridgehead atoms. The third kappa shape index (κ3) is 2.82.